The van der Waals surface area contributed by atoms with Gasteiger partial charge in [0.05, 0.1) is 12.6 Å². The molecule has 0 aliphatic heterocycles. The normalized spacial score (nSPS) is 12.2. The Hall–Kier alpha value is -1.43. The molecule has 2 aromatic rings. The van der Waals surface area contributed by atoms with Crippen molar-refractivity contribution < 1.29 is 9.13 Å². The standard InChI is InChI=1S/C15H16BrFN2O/c1-2-20-12-5-3-4-10(8-12)15(19-18)13-7-6-11(17)9-14(13)16/h3-9,15,19H,2,18H2,1H3. The lowest BCUT2D eigenvalue weighted by Crippen LogP contribution is -2.29. The fraction of sp³-hybridized carbons (Fsp3) is 0.200. The zero-order valence-corrected chi connectivity index (χ0v) is 12.7. The Morgan fingerprint density at radius 2 is 2.10 bits per heavy atom. The molecule has 0 spiro atoms. The molecule has 0 bridgehead atoms. The van der Waals surface area contributed by atoms with Crippen molar-refractivity contribution in [2.75, 3.05) is 6.61 Å². The molecule has 0 aliphatic carbocycles. The summed E-state index contributed by atoms with van der Waals surface area (Å²) in [5.74, 6) is 6.15. The molecule has 0 fully saturated rings. The summed E-state index contributed by atoms with van der Waals surface area (Å²) in [6.45, 7) is 2.53. The van der Waals surface area contributed by atoms with E-state index in [2.05, 4.69) is 21.4 Å². The fourth-order valence-electron chi connectivity index (χ4n) is 2.05. The third kappa shape index (κ3) is 3.36. The van der Waals surface area contributed by atoms with Crippen LogP contribution in [0, 0.1) is 5.82 Å². The van der Waals surface area contributed by atoms with Crippen LogP contribution in [-0.2, 0) is 0 Å². The van der Waals surface area contributed by atoms with E-state index in [0.29, 0.717) is 11.1 Å². The van der Waals surface area contributed by atoms with Gasteiger partial charge in [0.1, 0.15) is 11.6 Å². The number of nitrogens with two attached hydrogens (primary N) is 1. The van der Waals surface area contributed by atoms with Gasteiger partial charge in [0.15, 0.2) is 0 Å². The second kappa shape index (κ2) is 6.83. The molecular weight excluding hydrogens is 323 g/mol. The number of halogens is 2. The average Bonchev–Trinajstić information content (AvgIpc) is 2.43. The highest BCUT2D eigenvalue weighted by Crippen LogP contribution is 2.30. The predicted molar refractivity (Wildman–Crippen MR) is 80.9 cm³/mol. The van der Waals surface area contributed by atoms with Gasteiger partial charge in [-0.2, -0.15) is 0 Å². The van der Waals surface area contributed by atoms with Crippen LogP contribution in [0.2, 0.25) is 0 Å². The van der Waals surface area contributed by atoms with Crippen molar-refractivity contribution in [3.05, 3.63) is 63.9 Å². The van der Waals surface area contributed by atoms with Crippen LogP contribution in [0.25, 0.3) is 0 Å². The van der Waals surface area contributed by atoms with Crippen molar-refractivity contribution in [3.63, 3.8) is 0 Å². The molecule has 1 atom stereocenters. The van der Waals surface area contributed by atoms with E-state index >= 15 is 0 Å². The molecule has 106 valence electrons. The van der Waals surface area contributed by atoms with E-state index in [4.69, 9.17) is 10.6 Å². The van der Waals surface area contributed by atoms with Crippen molar-refractivity contribution in [2.45, 2.75) is 13.0 Å². The van der Waals surface area contributed by atoms with Gasteiger partial charge in [0.25, 0.3) is 0 Å². The molecule has 2 aromatic carbocycles. The third-order valence-electron chi connectivity index (χ3n) is 2.94. The Bertz CT molecular complexity index is 592. The molecule has 0 amide bonds. The fourth-order valence-corrected chi connectivity index (χ4v) is 2.63. The quantitative estimate of drug-likeness (QED) is 0.647. The highest BCUT2D eigenvalue weighted by atomic mass is 79.9. The number of hydrazine groups is 1. The van der Waals surface area contributed by atoms with Crippen molar-refractivity contribution in [1.29, 1.82) is 0 Å². The lowest BCUT2D eigenvalue weighted by atomic mass is 9.99. The van der Waals surface area contributed by atoms with Crippen LogP contribution in [0.5, 0.6) is 5.75 Å². The van der Waals surface area contributed by atoms with Gasteiger partial charge in [-0.1, -0.05) is 34.1 Å². The summed E-state index contributed by atoms with van der Waals surface area (Å²) >= 11 is 3.37. The van der Waals surface area contributed by atoms with Gasteiger partial charge in [-0.25, -0.2) is 9.82 Å². The second-order valence-corrected chi connectivity index (χ2v) is 5.13. The van der Waals surface area contributed by atoms with E-state index in [9.17, 15) is 4.39 Å². The third-order valence-corrected chi connectivity index (χ3v) is 3.63. The number of hydrogen-bond donors (Lipinski definition) is 2. The summed E-state index contributed by atoms with van der Waals surface area (Å²) in [5, 5.41) is 0. The lowest BCUT2D eigenvalue weighted by molar-refractivity contribution is 0.339. The van der Waals surface area contributed by atoms with Crippen LogP contribution in [0.4, 0.5) is 4.39 Å². The zero-order chi connectivity index (χ0) is 14.5. The molecule has 2 rings (SSSR count). The van der Waals surface area contributed by atoms with E-state index in [1.807, 2.05) is 31.2 Å². The SMILES string of the molecule is CCOc1cccc(C(NN)c2ccc(F)cc2Br)c1. The maximum atomic E-state index is 13.2. The van der Waals surface area contributed by atoms with E-state index in [1.54, 1.807) is 6.07 Å². The Morgan fingerprint density at radius 3 is 2.75 bits per heavy atom. The number of hydrogen-bond acceptors (Lipinski definition) is 3. The zero-order valence-electron chi connectivity index (χ0n) is 11.1. The molecule has 5 heteroatoms. The minimum Gasteiger partial charge on any atom is -0.494 e. The molecule has 0 radical (unpaired) electrons. The van der Waals surface area contributed by atoms with Gasteiger partial charge in [0.2, 0.25) is 0 Å². The van der Waals surface area contributed by atoms with Gasteiger partial charge in [-0.3, -0.25) is 5.84 Å². The first-order valence-corrected chi connectivity index (χ1v) is 7.08. The van der Waals surface area contributed by atoms with Gasteiger partial charge in [-0.05, 0) is 42.3 Å². The Balaban J connectivity index is 2.38. The predicted octanol–water partition coefficient (Wildman–Crippen LogP) is 3.54. The molecular formula is C15H16BrFN2O. The molecule has 20 heavy (non-hydrogen) atoms. The van der Waals surface area contributed by atoms with E-state index in [1.165, 1.54) is 12.1 Å². The highest BCUT2D eigenvalue weighted by Gasteiger charge is 2.16. The molecule has 1 unspecified atom stereocenters. The van der Waals surface area contributed by atoms with E-state index in [-0.39, 0.29) is 11.9 Å². The van der Waals surface area contributed by atoms with Crippen LogP contribution >= 0.6 is 15.9 Å². The van der Waals surface area contributed by atoms with Crippen LogP contribution in [0.1, 0.15) is 24.1 Å². The minimum atomic E-state index is -0.292. The first kappa shape index (κ1) is 15.0. The highest BCUT2D eigenvalue weighted by molar-refractivity contribution is 9.10. The van der Waals surface area contributed by atoms with Gasteiger partial charge in [0, 0.05) is 4.47 Å². The van der Waals surface area contributed by atoms with Crippen LogP contribution in [-0.4, -0.2) is 6.61 Å². The van der Waals surface area contributed by atoms with Crippen molar-refractivity contribution in [1.82, 2.24) is 5.43 Å². The van der Waals surface area contributed by atoms with Crippen LogP contribution in [0.15, 0.2) is 46.9 Å². The number of nitrogens with one attached hydrogen (secondary N) is 1. The van der Waals surface area contributed by atoms with Gasteiger partial charge >= 0.3 is 0 Å². The summed E-state index contributed by atoms with van der Waals surface area (Å²) < 4.78 is 19.3. The van der Waals surface area contributed by atoms with Crippen LogP contribution in [0.3, 0.4) is 0 Å². The van der Waals surface area contributed by atoms with Crippen molar-refractivity contribution in [2.24, 2.45) is 5.84 Å². The monoisotopic (exact) mass is 338 g/mol. The molecule has 0 aromatic heterocycles. The van der Waals surface area contributed by atoms with Gasteiger partial charge < -0.3 is 4.74 Å². The summed E-state index contributed by atoms with van der Waals surface area (Å²) in [5.41, 5.74) is 4.57. The topological polar surface area (TPSA) is 47.3 Å². The molecule has 0 heterocycles. The number of benzene rings is 2. The first-order chi connectivity index (χ1) is 9.65. The maximum Gasteiger partial charge on any atom is 0.124 e. The smallest absolute Gasteiger partial charge is 0.124 e. The molecule has 0 saturated carbocycles. The second-order valence-electron chi connectivity index (χ2n) is 4.27. The minimum absolute atomic E-state index is 0.245. The largest absolute Gasteiger partial charge is 0.494 e. The van der Waals surface area contributed by atoms with E-state index < -0.39 is 0 Å². The average molecular weight is 339 g/mol. The summed E-state index contributed by atoms with van der Waals surface area (Å²) in [7, 11) is 0. The van der Waals surface area contributed by atoms with E-state index in [0.717, 1.165) is 16.9 Å². The van der Waals surface area contributed by atoms with Crippen LogP contribution < -0.4 is 16.0 Å². The molecule has 3 N–H and O–H groups in total. The first-order valence-electron chi connectivity index (χ1n) is 6.29. The maximum absolute atomic E-state index is 13.2. The number of rotatable bonds is 5. The summed E-state index contributed by atoms with van der Waals surface area (Å²) in [6.07, 6.45) is 0. The molecule has 0 saturated heterocycles. The molecule has 0 aliphatic rings. The Labute approximate surface area is 126 Å². The summed E-state index contributed by atoms with van der Waals surface area (Å²) in [6, 6.07) is 12.0. The van der Waals surface area contributed by atoms with Crippen molar-refractivity contribution >= 4 is 15.9 Å². The molecule has 3 nitrogen and oxygen atoms in total. The summed E-state index contributed by atoms with van der Waals surface area (Å²) in [4.78, 5) is 0. The Morgan fingerprint density at radius 1 is 1.30 bits per heavy atom. The number of ether oxygens (including phenoxy) is 1. The lowest BCUT2D eigenvalue weighted by Gasteiger charge is -2.19. The Kier molecular flexibility index (Phi) is 5.11. The van der Waals surface area contributed by atoms with Crippen molar-refractivity contribution in [3.8, 4) is 5.75 Å². The van der Waals surface area contributed by atoms with Gasteiger partial charge in [-0.15, -0.1) is 0 Å².